The molecule has 4 nitrogen and oxygen atoms in total. The van der Waals surface area contributed by atoms with Gasteiger partial charge < -0.3 is 5.32 Å². The van der Waals surface area contributed by atoms with Crippen LogP contribution in [0.5, 0.6) is 0 Å². The number of amides is 1. The third-order valence-corrected chi connectivity index (χ3v) is 4.60. The summed E-state index contributed by atoms with van der Waals surface area (Å²) in [5.74, 6) is 0.440. The fourth-order valence-electron chi connectivity index (χ4n) is 1.83. The van der Waals surface area contributed by atoms with Crippen molar-refractivity contribution in [1.29, 1.82) is 0 Å². The van der Waals surface area contributed by atoms with E-state index in [0.29, 0.717) is 22.4 Å². The molecule has 3 N–H and O–H groups in total. The second kappa shape index (κ2) is 10.2. The maximum absolute atomic E-state index is 12.8. The number of halogens is 2. The molecule has 0 fully saturated rings. The van der Waals surface area contributed by atoms with Gasteiger partial charge in [-0.25, -0.2) is 4.39 Å². The third-order valence-electron chi connectivity index (χ3n) is 3.10. The van der Waals surface area contributed by atoms with Crippen LogP contribution in [0.2, 0.25) is 5.02 Å². The van der Waals surface area contributed by atoms with Crippen LogP contribution in [0.3, 0.4) is 0 Å². The largest absolute Gasteiger partial charge is 0.357 e. The lowest BCUT2D eigenvalue weighted by atomic mass is 10.2. The van der Waals surface area contributed by atoms with Crippen LogP contribution in [-0.4, -0.2) is 16.8 Å². The molecule has 8 heteroatoms. The minimum Gasteiger partial charge on any atom is -0.357 e. The fourth-order valence-corrected chi connectivity index (χ4v) is 2.87. The number of hydrogen-bond donors (Lipinski definition) is 3. The minimum absolute atomic E-state index is 0.192. The molecule has 132 valence electrons. The number of thiocarbonyl (C=S) groups is 1. The zero-order valence-electron chi connectivity index (χ0n) is 13.2. The first kappa shape index (κ1) is 19.5. The first-order chi connectivity index (χ1) is 12.0. The van der Waals surface area contributed by atoms with Crippen molar-refractivity contribution in [2.45, 2.75) is 12.3 Å². The molecule has 0 heterocycles. The van der Waals surface area contributed by atoms with Crippen LogP contribution >= 0.6 is 35.6 Å². The average molecular weight is 398 g/mol. The molecule has 0 saturated heterocycles. The second-order valence-corrected chi connectivity index (χ2v) is 6.93. The van der Waals surface area contributed by atoms with Crippen molar-refractivity contribution < 1.29 is 9.18 Å². The van der Waals surface area contributed by atoms with Crippen LogP contribution in [0.1, 0.15) is 11.1 Å². The molecule has 0 spiro atoms. The molecule has 0 saturated carbocycles. The minimum atomic E-state index is -0.268. The maximum Gasteiger partial charge on any atom is 0.248 e. The molecule has 0 aromatic heterocycles. The highest BCUT2D eigenvalue weighted by Gasteiger charge is 2.03. The molecule has 0 atom stereocenters. The second-order valence-electron chi connectivity index (χ2n) is 5.10. The summed E-state index contributed by atoms with van der Waals surface area (Å²) in [6, 6.07) is 13.6. The number of carbonyl (C=O) groups is 1. The lowest BCUT2D eigenvalue weighted by molar-refractivity contribution is -0.119. The van der Waals surface area contributed by atoms with Crippen molar-refractivity contribution >= 4 is 46.6 Å². The molecule has 0 aliphatic carbocycles. The van der Waals surface area contributed by atoms with Crippen molar-refractivity contribution in [3.8, 4) is 0 Å². The summed E-state index contributed by atoms with van der Waals surface area (Å²) >= 11 is 12.3. The van der Waals surface area contributed by atoms with Crippen LogP contribution in [0, 0.1) is 5.82 Å². The molecule has 0 radical (unpaired) electrons. The predicted octanol–water partition coefficient (Wildman–Crippen LogP) is 3.41. The van der Waals surface area contributed by atoms with E-state index in [4.69, 9.17) is 23.8 Å². The SMILES string of the molecule is O=C(CSCc1ccc(F)cc1)NNC(=S)NCc1ccc(Cl)cc1. The van der Waals surface area contributed by atoms with E-state index in [-0.39, 0.29) is 17.5 Å². The lowest BCUT2D eigenvalue weighted by Crippen LogP contribution is -2.47. The summed E-state index contributed by atoms with van der Waals surface area (Å²) in [5.41, 5.74) is 7.17. The van der Waals surface area contributed by atoms with Crippen LogP contribution in [0.25, 0.3) is 0 Å². The van der Waals surface area contributed by atoms with Gasteiger partial charge in [0.2, 0.25) is 5.91 Å². The first-order valence-electron chi connectivity index (χ1n) is 7.42. The van der Waals surface area contributed by atoms with E-state index in [9.17, 15) is 9.18 Å². The molecule has 1 amide bonds. The van der Waals surface area contributed by atoms with E-state index < -0.39 is 0 Å². The molecular formula is C17H17ClFN3OS2. The Hall–Kier alpha value is -1.83. The van der Waals surface area contributed by atoms with Gasteiger partial charge in [-0.1, -0.05) is 35.9 Å². The fraction of sp³-hybridized carbons (Fsp3) is 0.176. The first-order valence-corrected chi connectivity index (χ1v) is 9.36. The molecule has 2 aromatic rings. The average Bonchev–Trinajstić information content (AvgIpc) is 2.61. The monoisotopic (exact) mass is 397 g/mol. The van der Waals surface area contributed by atoms with Crippen LogP contribution in [-0.2, 0) is 17.1 Å². The standard InChI is InChI=1S/C17H17ClFN3OS2/c18-14-5-1-12(2-6-14)9-20-17(24)22-21-16(23)11-25-10-13-3-7-15(19)8-4-13/h1-8H,9-11H2,(H,21,23)(H2,20,22,24). The summed E-state index contributed by atoms with van der Waals surface area (Å²) in [4.78, 5) is 11.7. The van der Waals surface area contributed by atoms with Gasteiger partial charge in [0, 0.05) is 17.3 Å². The van der Waals surface area contributed by atoms with E-state index in [0.717, 1.165) is 11.1 Å². The smallest absolute Gasteiger partial charge is 0.248 e. The summed E-state index contributed by atoms with van der Waals surface area (Å²) in [7, 11) is 0. The number of hydrazine groups is 1. The molecule has 0 unspecified atom stereocenters. The Morgan fingerprint density at radius 3 is 2.36 bits per heavy atom. The van der Waals surface area contributed by atoms with Gasteiger partial charge >= 0.3 is 0 Å². The summed E-state index contributed by atoms with van der Waals surface area (Å²) in [6.45, 7) is 0.526. The van der Waals surface area contributed by atoms with Crippen molar-refractivity contribution in [3.05, 3.63) is 70.5 Å². The third kappa shape index (κ3) is 7.72. The number of rotatable bonds is 6. The zero-order chi connectivity index (χ0) is 18.1. The Bertz CT molecular complexity index is 711. The van der Waals surface area contributed by atoms with Crippen LogP contribution in [0.4, 0.5) is 4.39 Å². The van der Waals surface area contributed by atoms with Gasteiger partial charge in [0.05, 0.1) is 5.75 Å². The van der Waals surface area contributed by atoms with Gasteiger partial charge in [-0.3, -0.25) is 15.6 Å². The van der Waals surface area contributed by atoms with Crippen LogP contribution < -0.4 is 16.2 Å². The molecule has 2 rings (SSSR count). The number of carbonyl (C=O) groups excluding carboxylic acids is 1. The van der Waals surface area contributed by atoms with E-state index in [2.05, 4.69) is 16.2 Å². The summed E-state index contributed by atoms with van der Waals surface area (Å²) in [6.07, 6.45) is 0. The Labute approximate surface area is 160 Å². The van der Waals surface area contributed by atoms with Gasteiger partial charge in [0.25, 0.3) is 0 Å². The molecule has 0 aliphatic heterocycles. The number of benzene rings is 2. The zero-order valence-corrected chi connectivity index (χ0v) is 15.6. The number of nitrogens with one attached hydrogen (secondary N) is 3. The van der Waals surface area contributed by atoms with E-state index in [1.165, 1.54) is 23.9 Å². The predicted molar refractivity (Wildman–Crippen MR) is 105 cm³/mol. The highest BCUT2D eigenvalue weighted by molar-refractivity contribution is 7.99. The van der Waals surface area contributed by atoms with E-state index >= 15 is 0 Å². The highest BCUT2D eigenvalue weighted by Crippen LogP contribution is 2.12. The van der Waals surface area contributed by atoms with Crippen molar-refractivity contribution in [3.63, 3.8) is 0 Å². The summed E-state index contributed by atoms with van der Waals surface area (Å²) < 4.78 is 12.8. The van der Waals surface area contributed by atoms with Gasteiger partial charge in [0.15, 0.2) is 5.11 Å². The lowest BCUT2D eigenvalue weighted by Gasteiger charge is -2.11. The summed E-state index contributed by atoms with van der Waals surface area (Å²) in [5, 5.41) is 3.98. The number of thioether (sulfide) groups is 1. The number of hydrogen-bond acceptors (Lipinski definition) is 3. The van der Waals surface area contributed by atoms with Gasteiger partial charge in [-0.2, -0.15) is 0 Å². The highest BCUT2D eigenvalue weighted by atomic mass is 35.5. The van der Waals surface area contributed by atoms with Crippen molar-refractivity contribution in [1.82, 2.24) is 16.2 Å². The van der Waals surface area contributed by atoms with E-state index in [1.54, 1.807) is 24.3 Å². The quantitative estimate of drug-likeness (QED) is 0.515. The van der Waals surface area contributed by atoms with Gasteiger partial charge in [-0.05, 0) is 47.6 Å². The van der Waals surface area contributed by atoms with Gasteiger partial charge in [-0.15, -0.1) is 11.8 Å². The van der Waals surface area contributed by atoms with Crippen LogP contribution in [0.15, 0.2) is 48.5 Å². The topological polar surface area (TPSA) is 53.2 Å². The Morgan fingerprint density at radius 1 is 1.04 bits per heavy atom. The molecule has 25 heavy (non-hydrogen) atoms. The van der Waals surface area contributed by atoms with Gasteiger partial charge in [0.1, 0.15) is 5.82 Å². The Morgan fingerprint density at radius 2 is 1.68 bits per heavy atom. The Kier molecular flexibility index (Phi) is 7.97. The van der Waals surface area contributed by atoms with Crippen molar-refractivity contribution in [2.75, 3.05) is 5.75 Å². The molecule has 0 bridgehead atoms. The molecule has 0 aliphatic rings. The molecular weight excluding hydrogens is 381 g/mol. The Balaban J connectivity index is 1.59. The van der Waals surface area contributed by atoms with Crippen molar-refractivity contribution in [2.24, 2.45) is 0 Å². The normalized spacial score (nSPS) is 10.2. The van der Waals surface area contributed by atoms with E-state index in [1.807, 2.05) is 12.1 Å². The molecule has 2 aromatic carbocycles. The maximum atomic E-state index is 12.8.